The Kier molecular flexibility index (Phi) is 4.95. The van der Waals surface area contributed by atoms with E-state index < -0.39 is 0 Å². The highest BCUT2D eigenvalue weighted by molar-refractivity contribution is 5.32. The first-order valence-electron chi connectivity index (χ1n) is 9.21. The first-order chi connectivity index (χ1) is 10.6. The maximum Gasteiger partial charge on any atom is 0.0557 e. The Morgan fingerprint density at radius 1 is 1.00 bits per heavy atom. The molecule has 22 heavy (non-hydrogen) atoms. The zero-order valence-corrected chi connectivity index (χ0v) is 14.1. The Bertz CT molecular complexity index is 441. The molecule has 0 radical (unpaired) electrons. The summed E-state index contributed by atoms with van der Waals surface area (Å²) in [6.45, 7) is 15.2. The van der Waals surface area contributed by atoms with Crippen molar-refractivity contribution in [3.05, 3.63) is 36.7 Å². The Hall–Kier alpha value is -1.18. The minimum absolute atomic E-state index is 0.425. The molecule has 0 amide bonds. The van der Waals surface area contributed by atoms with Crippen LogP contribution in [0.2, 0.25) is 0 Å². The molecule has 3 rings (SSSR count). The van der Waals surface area contributed by atoms with Crippen LogP contribution in [0.15, 0.2) is 36.7 Å². The fourth-order valence-electron chi connectivity index (χ4n) is 3.99. The fraction of sp³-hybridized carbons (Fsp3) is 0.700. The number of nitrogens with one attached hydrogen (secondary N) is 1. The molecule has 3 aliphatic rings. The third-order valence-electron chi connectivity index (χ3n) is 5.76. The van der Waals surface area contributed by atoms with Gasteiger partial charge in [-0.3, -0.25) is 0 Å². The summed E-state index contributed by atoms with van der Waals surface area (Å²) in [4.78, 5) is 2.54. The number of rotatable bonds is 7. The molecule has 2 heteroatoms. The minimum Gasteiger partial charge on any atom is -0.385 e. The predicted molar refractivity (Wildman–Crippen MR) is 94.4 cm³/mol. The van der Waals surface area contributed by atoms with Crippen LogP contribution < -0.4 is 5.32 Å². The first-order valence-corrected chi connectivity index (χ1v) is 9.21. The normalized spacial score (nSPS) is 26.3. The van der Waals surface area contributed by atoms with Gasteiger partial charge in [0.2, 0.25) is 0 Å². The number of hydrogen-bond acceptors (Lipinski definition) is 2. The second-order valence-electron chi connectivity index (χ2n) is 7.61. The van der Waals surface area contributed by atoms with Crippen LogP contribution in [0.25, 0.3) is 0 Å². The van der Waals surface area contributed by atoms with Crippen LogP contribution in [-0.4, -0.2) is 24.0 Å². The molecule has 1 saturated heterocycles. The van der Waals surface area contributed by atoms with E-state index in [1.54, 1.807) is 0 Å². The SMILES string of the molecule is C=C(NCC1CC1)C(=C)C1CCC(=C)N1CC1CCCCC1. The van der Waals surface area contributed by atoms with Crippen LogP contribution in [0.5, 0.6) is 0 Å². The molecule has 0 aromatic heterocycles. The van der Waals surface area contributed by atoms with Crippen molar-refractivity contribution in [3.8, 4) is 0 Å². The lowest BCUT2D eigenvalue weighted by atomic mass is 9.88. The maximum absolute atomic E-state index is 4.37. The van der Waals surface area contributed by atoms with Crippen molar-refractivity contribution in [2.75, 3.05) is 13.1 Å². The van der Waals surface area contributed by atoms with E-state index in [-0.39, 0.29) is 0 Å². The van der Waals surface area contributed by atoms with Crippen molar-refractivity contribution in [1.82, 2.24) is 10.2 Å². The maximum atomic E-state index is 4.37. The van der Waals surface area contributed by atoms with Gasteiger partial charge in [0, 0.05) is 24.5 Å². The zero-order chi connectivity index (χ0) is 15.5. The number of allylic oxidation sites excluding steroid dienone is 1. The van der Waals surface area contributed by atoms with Crippen molar-refractivity contribution >= 4 is 0 Å². The second-order valence-corrected chi connectivity index (χ2v) is 7.61. The summed E-state index contributed by atoms with van der Waals surface area (Å²) in [5.74, 6) is 1.73. The molecule has 122 valence electrons. The Morgan fingerprint density at radius 2 is 1.73 bits per heavy atom. The number of hydrogen-bond donors (Lipinski definition) is 1. The summed E-state index contributed by atoms with van der Waals surface area (Å²) >= 11 is 0. The van der Waals surface area contributed by atoms with E-state index in [1.165, 1.54) is 62.8 Å². The summed E-state index contributed by atoms with van der Waals surface area (Å²) in [5.41, 5.74) is 3.56. The standard InChI is InChI=1S/C20H32N2/c1-15-9-12-20(16(2)17(3)21-13-18-10-11-18)22(15)14-19-7-5-4-6-8-19/h18-21H,1-14H2. The molecule has 1 heterocycles. The van der Waals surface area contributed by atoms with Crippen molar-refractivity contribution in [2.24, 2.45) is 11.8 Å². The van der Waals surface area contributed by atoms with Crippen LogP contribution in [0.1, 0.15) is 57.8 Å². The zero-order valence-electron chi connectivity index (χ0n) is 14.1. The van der Waals surface area contributed by atoms with E-state index in [2.05, 4.69) is 30.0 Å². The van der Waals surface area contributed by atoms with Crippen molar-refractivity contribution in [2.45, 2.75) is 63.8 Å². The van der Waals surface area contributed by atoms with Gasteiger partial charge in [0.25, 0.3) is 0 Å². The quantitative estimate of drug-likeness (QED) is 0.690. The third-order valence-corrected chi connectivity index (χ3v) is 5.76. The van der Waals surface area contributed by atoms with Gasteiger partial charge in [0.05, 0.1) is 6.04 Å². The molecule has 3 fully saturated rings. The minimum atomic E-state index is 0.425. The van der Waals surface area contributed by atoms with Gasteiger partial charge in [-0.05, 0) is 55.9 Å². The van der Waals surface area contributed by atoms with Gasteiger partial charge in [-0.25, -0.2) is 0 Å². The Morgan fingerprint density at radius 3 is 2.41 bits per heavy atom. The molecule has 1 N–H and O–H groups in total. The molecule has 2 aliphatic carbocycles. The van der Waals surface area contributed by atoms with Crippen LogP contribution >= 0.6 is 0 Å². The predicted octanol–water partition coefficient (Wildman–Crippen LogP) is 4.61. The molecule has 0 aromatic rings. The molecule has 0 aromatic carbocycles. The number of nitrogens with zero attached hydrogens (tertiary/aromatic N) is 1. The summed E-state index contributed by atoms with van der Waals surface area (Å²) in [7, 11) is 0. The van der Waals surface area contributed by atoms with Gasteiger partial charge in [-0.1, -0.05) is 39.0 Å². The third kappa shape index (κ3) is 3.77. The lowest BCUT2D eigenvalue weighted by Crippen LogP contribution is -2.36. The van der Waals surface area contributed by atoms with Gasteiger partial charge in [0.15, 0.2) is 0 Å². The lowest BCUT2D eigenvalue weighted by Gasteiger charge is -2.34. The molecule has 2 saturated carbocycles. The van der Waals surface area contributed by atoms with E-state index in [1.807, 2.05) is 0 Å². The van der Waals surface area contributed by atoms with Gasteiger partial charge in [0.1, 0.15) is 0 Å². The van der Waals surface area contributed by atoms with E-state index in [0.29, 0.717) is 6.04 Å². The highest BCUT2D eigenvalue weighted by Crippen LogP contribution is 2.35. The molecular weight excluding hydrogens is 268 g/mol. The second kappa shape index (κ2) is 6.93. The number of likely N-dealkylation sites (tertiary alicyclic amines) is 1. The van der Waals surface area contributed by atoms with Gasteiger partial charge >= 0.3 is 0 Å². The Labute approximate surface area is 136 Å². The summed E-state index contributed by atoms with van der Waals surface area (Å²) in [6.07, 6.45) is 12.1. The molecule has 0 bridgehead atoms. The fourth-order valence-corrected chi connectivity index (χ4v) is 3.99. The summed E-state index contributed by atoms with van der Waals surface area (Å²) < 4.78 is 0. The van der Waals surface area contributed by atoms with E-state index in [9.17, 15) is 0 Å². The van der Waals surface area contributed by atoms with Crippen molar-refractivity contribution in [3.63, 3.8) is 0 Å². The first kappa shape index (κ1) is 15.7. The van der Waals surface area contributed by atoms with Crippen LogP contribution in [0, 0.1) is 11.8 Å². The van der Waals surface area contributed by atoms with E-state index >= 15 is 0 Å². The summed E-state index contributed by atoms with van der Waals surface area (Å²) in [6, 6.07) is 0.425. The lowest BCUT2D eigenvalue weighted by molar-refractivity contribution is 0.231. The molecule has 1 unspecified atom stereocenters. The highest BCUT2D eigenvalue weighted by Gasteiger charge is 2.32. The van der Waals surface area contributed by atoms with Crippen LogP contribution in [-0.2, 0) is 0 Å². The average molecular weight is 300 g/mol. The van der Waals surface area contributed by atoms with Crippen LogP contribution in [0.3, 0.4) is 0 Å². The summed E-state index contributed by atoms with van der Waals surface area (Å²) in [5, 5.41) is 3.51. The molecule has 0 spiro atoms. The Balaban J connectivity index is 1.56. The molecule has 1 atom stereocenters. The monoisotopic (exact) mass is 300 g/mol. The topological polar surface area (TPSA) is 15.3 Å². The van der Waals surface area contributed by atoms with E-state index in [0.717, 1.165) is 36.9 Å². The molecular formula is C20H32N2. The van der Waals surface area contributed by atoms with Gasteiger partial charge < -0.3 is 10.2 Å². The largest absolute Gasteiger partial charge is 0.385 e. The molecule has 1 aliphatic heterocycles. The smallest absolute Gasteiger partial charge is 0.0557 e. The highest BCUT2D eigenvalue weighted by atomic mass is 15.2. The van der Waals surface area contributed by atoms with Crippen LogP contribution in [0.4, 0.5) is 0 Å². The van der Waals surface area contributed by atoms with Gasteiger partial charge in [-0.2, -0.15) is 0 Å². The van der Waals surface area contributed by atoms with Crippen molar-refractivity contribution in [1.29, 1.82) is 0 Å². The molecule has 2 nitrogen and oxygen atoms in total. The van der Waals surface area contributed by atoms with Gasteiger partial charge in [-0.15, -0.1) is 0 Å². The average Bonchev–Trinajstić information content (AvgIpc) is 3.30. The van der Waals surface area contributed by atoms with Crippen molar-refractivity contribution < 1.29 is 0 Å². The van der Waals surface area contributed by atoms with E-state index in [4.69, 9.17) is 0 Å².